The highest BCUT2D eigenvalue weighted by atomic mass is 35.5. The molecule has 2 N–H and O–H groups in total. The fourth-order valence-electron chi connectivity index (χ4n) is 3.02. The predicted molar refractivity (Wildman–Crippen MR) is 104 cm³/mol. The molecule has 0 fully saturated rings. The minimum atomic E-state index is -0.565. The third-order valence-electron chi connectivity index (χ3n) is 4.42. The number of benzene rings is 2. The first-order chi connectivity index (χ1) is 13.0. The molecule has 0 bridgehead atoms. The molecule has 5 nitrogen and oxygen atoms in total. The molecule has 1 atom stereocenters. The van der Waals surface area contributed by atoms with Gasteiger partial charge in [-0.15, -0.1) is 0 Å². The molecule has 0 saturated carbocycles. The van der Waals surface area contributed by atoms with Gasteiger partial charge in [-0.1, -0.05) is 28.9 Å². The molecule has 0 aliphatic heterocycles. The SMILES string of the molecule is C[C@H](Nc1cccc(-c2cnoc2)c1)c1cc2ccc(F)c(Cl)c2[nH]c1=O. The quantitative estimate of drug-likeness (QED) is 0.511. The molecule has 2 aromatic heterocycles. The van der Waals surface area contributed by atoms with E-state index in [1.807, 2.05) is 31.2 Å². The van der Waals surface area contributed by atoms with Crippen molar-refractivity contribution in [1.29, 1.82) is 0 Å². The first-order valence-corrected chi connectivity index (χ1v) is 8.68. The number of pyridine rings is 1. The Morgan fingerprint density at radius 2 is 2.07 bits per heavy atom. The predicted octanol–water partition coefficient (Wildman–Crippen LogP) is 5.15. The van der Waals surface area contributed by atoms with Crippen LogP contribution in [0.2, 0.25) is 5.02 Å². The molecule has 0 aliphatic carbocycles. The maximum atomic E-state index is 13.6. The van der Waals surface area contributed by atoms with Gasteiger partial charge >= 0.3 is 0 Å². The van der Waals surface area contributed by atoms with E-state index in [4.69, 9.17) is 16.1 Å². The van der Waals surface area contributed by atoms with E-state index in [1.165, 1.54) is 6.07 Å². The molecule has 7 heteroatoms. The highest BCUT2D eigenvalue weighted by Crippen LogP contribution is 2.27. The Morgan fingerprint density at radius 1 is 1.22 bits per heavy atom. The summed E-state index contributed by atoms with van der Waals surface area (Å²) in [4.78, 5) is 15.2. The van der Waals surface area contributed by atoms with Crippen molar-refractivity contribution < 1.29 is 8.91 Å². The van der Waals surface area contributed by atoms with Crippen LogP contribution < -0.4 is 10.9 Å². The third kappa shape index (κ3) is 3.31. The number of halogens is 2. The second-order valence-electron chi connectivity index (χ2n) is 6.24. The first kappa shape index (κ1) is 17.3. The molecule has 0 saturated heterocycles. The number of H-pyrrole nitrogens is 1. The summed E-state index contributed by atoms with van der Waals surface area (Å²) in [6.45, 7) is 1.88. The van der Waals surface area contributed by atoms with Crippen molar-refractivity contribution >= 4 is 28.2 Å². The lowest BCUT2D eigenvalue weighted by atomic mass is 10.1. The van der Waals surface area contributed by atoms with Crippen molar-refractivity contribution in [1.82, 2.24) is 10.1 Å². The van der Waals surface area contributed by atoms with Crippen LogP contribution in [0.4, 0.5) is 10.1 Å². The summed E-state index contributed by atoms with van der Waals surface area (Å²) in [6, 6.07) is 12.0. The first-order valence-electron chi connectivity index (χ1n) is 8.30. The van der Waals surface area contributed by atoms with Crippen LogP contribution in [0.1, 0.15) is 18.5 Å². The van der Waals surface area contributed by atoms with E-state index in [2.05, 4.69) is 15.5 Å². The van der Waals surface area contributed by atoms with Crippen LogP contribution in [-0.4, -0.2) is 10.1 Å². The Bertz CT molecular complexity index is 1170. The van der Waals surface area contributed by atoms with E-state index in [0.717, 1.165) is 16.8 Å². The number of hydrogen-bond acceptors (Lipinski definition) is 4. The molecular weight excluding hydrogens is 369 g/mol. The van der Waals surface area contributed by atoms with Gasteiger partial charge in [-0.25, -0.2) is 4.39 Å². The van der Waals surface area contributed by atoms with Crippen molar-refractivity contribution in [2.45, 2.75) is 13.0 Å². The van der Waals surface area contributed by atoms with Crippen molar-refractivity contribution in [3.8, 4) is 11.1 Å². The number of aromatic amines is 1. The molecule has 0 aliphatic rings. The molecular formula is C20H15ClFN3O2. The Kier molecular flexibility index (Phi) is 4.41. The Balaban J connectivity index is 1.66. The highest BCUT2D eigenvalue weighted by molar-refractivity contribution is 6.35. The minimum absolute atomic E-state index is 0.0850. The maximum Gasteiger partial charge on any atom is 0.253 e. The zero-order chi connectivity index (χ0) is 19.0. The number of rotatable bonds is 4. The van der Waals surface area contributed by atoms with E-state index >= 15 is 0 Å². The van der Waals surface area contributed by atoms with Gasteiger partial charge < -0.3 is 14.8 Å². The fraction of sp³-hybridized carbons (Fsp3) is 0.100. The van der Waals surface area contributed by atoms with Crippen LogP contribution in [0.15, 0.2) is 64.2 Å². The van der Waals surface area contributed by atoms with Gasteiger partial charge in [0.25, 0.3) is 5.56 Å². The smallest absolute Gasteiger partial charge is 0.253 e. The van der Waals surface area contributed by atoms with Gasteiger partial charge in [0.15, 0.2) is 0 Å². The minimum Gasteiger partial charge on any atom is -0.378 e. The van der Waals surface area contributed by atoms with E-state index in [9.17, 15) is 9.18 Å². The zero-order valence-electron chi connectivity index (χ0n) is 14.3. The van der Waals surface area contributed by atoms with Crippen LogP contribution in [0.25, 0.3) is 22.0 Å². The second kappa shape index (κ2) is 6.89. The number of aromatic nitrogens is 2. The Hall–Kier alpha value is -3.12. The zero-order valence-corrected chi connectivity index (χ0v) is 15.0. The molecule has 0 unspecified atom stereocenters. The molecule has 2 heterocycles. The number of nitrogens with zero attached hydrogens (tertiary/aromatic N) is 1. The summed E-state index contributed by atoms with van der Waals surface area (Å²) in [7, 11) is 0. The van der Waals surface area contributed by atoms with Crippen LogP contribution in [0, 0.1) is 5.82 Å². The second-order valence-corrected chi connectivity index (χ2v) is 6.62. The van der Waals surface area contributed by atoms with E-state index in [-0.39, 0.29) is 16.6 Å². The lowest BCUT2D eigenvalue weighted by Crippen LogP contribution is -2.19. The van der Waals surface area contributed by atoms with Gasteiger partial charge in [0.1, 0.15) is 17.1 Å². The third-order valence-corrected chi connectivity index (χ3v) is 4.79. The number of fused-ring (bicyclic) bond motifs is 1. The summed E-state index contributed by atoms with van der Waals surface area (Å²) in [5.74, 6) is -0.565. The molecule has 4 aromatic rings. The van der Waals surface area contributed by atoms with Gasteiger partial charge in [0, 0.05) is 22.2 Å². The van der Waals surface area contributed by atoms with Crippen LogP contribution in [0.5, 0.6) is 0 Å². The molecule has 0 spiro atoms. The summed E-state index contributed by atoms with van der Waals surface area (Å²) < 4.78 is 18.5. The van der Waals surface area contributed by atoms with Gasteiger partial charge in [0.05, 0.1) is 17.8 Å². The average Bonchev–Trinajstić information content (AvgIpc) is 3.20. The van der Waals surface area contributed by atoms with Gasteiger partial charge in [-0.2, -0.15) is 0 Å². The Labute approximate surface area is 158 Å². The van der Waals surface area contributed by atoms with Crippen LogP contribution in [0.3, 0.4) is 0 Å². The monoisotopic (exact) mass is 383 g/mol. The molecule has 2 aromatic carbocycles. The normalized spacial score (nSPS) is 12.3. The molecule has 0 amide bonds. The highest BCUT2D eigenvalue weighted by Gasteiger charge is 2.14. The standard InChI is InChI=1S/C20H15ClFN3O2/c1-11(24-15-4-2-3-12(7-15)14-9-23-27-10-14)16-8-13-5-6-17(22)18(21)19(13)25-20(16)26/h2-11,24H,1H3,(H,25,26)/t11-/m0/s1. The van der Waals surface area contributed by atoms with Gasteiger partial charge in [-0.3, -0.25) is 4.79 Å². The van der Waals surface area contributed by atoms with Gasteiger partial charge in [0.2, 0.25) is 0 Å². The van der Waals surface area contributed by atoms with Crippen molar-refractivity contribution in [3.05, 3.63) is 81.7 Å². The molecule has 4 rings (SSSR count). The lowest BCUT2D eigenvalue weighted by Gasteiger charge is -2.16. The van der Waals surface area contributed by atoms with E-state index < -0.39 is 5.82 Å². The number of hydrogen-bond donors (Lipinski definition) is 2. The van der Waals surface area contributed by atoms with Crippen LogP contribution >= 0.6 is 11.6 Å². The van der Waals surface area contributed by atoms with Crippen molar-refractivity contribution in [2.24, 2.45) is 0 Å². The average molecular weight is 384 g/mol. The van der Waals surface area contributed by atoms with Gasteiger partial charge in [-0.05, 0) is 42.8 Å². The molecule has 0 radical (unpaired) electrons. The van der Waals surface area contributed by atoms with Crippen molar-refractivity contribution in [2.75, 3.05) is 5.32 Å². The molecule has 136 valence electrons. The summed E-state index contributed by atoms with van der Waals surface area (Å²) in [5.41, 5.74) is 3.17. The lowest BCUT2D eigenvalue weighted by molar-refractivity contribution is 0.420. The topological polar surface area (TPSA) is 70.9 Å². The van der Waals surface area contributed by atoms with E-state index in [1.54, 1.807) is 24.6 Å². The van der Waals surface area contributed by atoms with Crippen molar-refractivity contribution in [3.63, 3.8) is 0 Å². The van der Waals surface area contributed by atoms with Crippen LogP contribution in [-0.2, 0) is 0 Å². The van der Waals surface area contributed by atoms with E-state index in [0.29, 0.717) is 16.5 Å². The molecule has 27 heavy (non-hydrogen) atoms. The summed E-state index contributed by atoms with van der Waals surface area (Å²) in [5, 5.41) is 7.61. The fourth-order valence-corrected chi connectivity index (χ4v) is 3.24. The largest absolute Gasteiger partial charge is 0.378 e. The Morgan fingerprint density at radius 3 is 2.85 bits per heavy atom. The summed E-state index contributed by atoms with van der Waals surface area (Å²) in [6.07, 6.45) is 3.21. The number of anilines is 1. The summed E-state index contributed by atoms with van der Waals surface area (Å²) >= 11 is 5.95. The maximum absolute atomic E-state index is 13.6. The number of nitrogens with one attached hydrogen (secondary N) is 2.